The smallest absolute Gasteiger partial charge is 0.407 e. The zero-order valence-corrected chi connectivity index (χ0v) is 13.1. The number of carbonyl (C=O) groups is 2. The molecule has 3 amide bonds. The second kappa shape index (κ2) is 6.62. The predicted molar refractivity (Wildman–Crippen MR) is 81.2 cm³/mol. The minimum atomic E-state index is -0.560. The second-order valence-corrected chi connectivity index (χ2v) is 6.16. The Bertz CT molecular complexity index is 655. The molecule has 2 aliphatic rings. The number of rotatable bonds is 2. The van der Waals surface area contributed by atoms with Gasteiger partial charge in [0.25, 0.3) is 0 Å². The van der Waals surface area contributed by atoms with Crippen molar-refractivity contribution in [1.82, 2.24) is 15.5 Å². The van der Waals surface area contributed by atoms with Gasteiger partial charge in [0.2, 0.25) is 0 Å². The summed E-state index contributed by atoms with van der Waals surface area (Å²) >= 11 is 0. The fraction of sp³-hybridized carbons (Fsp3) is 0.500. The molecule has 0 bridgehead atoms. The van der Waals surface area contributed by atoms with Crippen LogP contribution in [0.2, 0.25) is 0 Å². The molecule has 0 radical (unpaired) electrons. The lowest BCUT2D eigenvalue weighted by atomic mass is 9.95. The molecule has 2 aliphatic heterocycles. The number of halogens is 2. The summed E-state index contributed by atoms with van der Waals surface area (Å²) in [4.78, 5) is 25.1. The van der Waals surface area contributed by atoms with Crippen molar-refractivity contribution < 1.29 is 23.1 Å². The van der Waals surface area contributed by atoms with E-state index in [0.717, 1.165) is 18.2 Å². The maximum atomic E-state index is 13.6. The lowest BCUT2D eigenvalue weighted by molar-refractivity contribution is 0.0453. The molecule has 0 aliphatic carbocycles. The van der Waals surface area contributed by atoms with Crippen molar-refractivity contribution >= 4 is 12.1 Å². The molecular formula is C16H19F2N3O3. The second-order valence-electron chi connectivity index (χ2n) is 6.16. The molecule has 8 heteroatoms. The first kappa shape index (κ1) is 16.5. The van der Waals surface area contributed by atoms with Crippen LogP contribution in [0.1, 0.15) is 24.8 Å². The van der Waals surface area contributed by atoms with Crippen LogP contribution in [-0.4, -0.2) is 42.3 Å². The van der Waals surface area contributed by atoms with Crippen LogP contribution in [0, 0.1) is 11.6 Å². The summed E-state index contributed by atoms with van der Waals surface area (Å²) in [5.74, 6) is -1.11. The highest BCUT2D eigenvalue weighted by Gasteiger charge is 2.41. The summed E-state index contributed by atoms with van der Waals surface area (Å²) in [5.41, 5.74) is -0.440. The highest BCUT2D eigenvalue weighted by atomic mass is 19.1. The number of benzene rings is 1. The summed E-state index contributed by atoms with van der Waals surface area (Å²) in [6.45, 7) is 1.33. The van der Waals surface area contributed by atoms with Crippen LogP contribution in [0.5, 0.6) is 0 Å². The standard InChI is InChI=1S/C16H19F2N3O3/c17-12-2-3-13(18)11(8-12)9-19-14(22)21-6-1-4-16(5-7-21)10-20-15(23)24-16/h2-3,8H,1,4-7,9-10H2,(H,19,22)(H,20,23)/t16-/m0/s1. The highest BCUT2D eigenvalue weighted by molar-refractivity contribution is 5.74. The van der Waals surface area contributed by atoms with E-state index in [9.17, 15) is 18.4 Å². The average Bonchev–Trinajstić information content (AvgIpc) is 2.79. The van der Waals surface area contributed by atoms with E-state index in [4.69, 9.17) is 4.74 Å². The first-order valence-corrected chi connectivity index (χ1v) is 7.91. The Labute approximate surface area is 138 Å². The Balaban J connectivity index is 1.55. The first-order chi connectivity index (χ1) is 11.5. The van der Waals surface area contributed by atoms with Crippen LogP contribution in [0.25, 0.3) is 0 Å². The van der Waals surface area contributed by atoms with E-state index in [0.29, 0.717) is 38.9 Å². The maximum absolute atomic E-state index is 13.6. The first-order valence-electron chi connectivity index (χ1n) is 7.91. The highest BCUT2D eigenvalue weighted by Crippen LogP contribution is 2.29. The summed E-state index contributed by atoms with van der Waals surface area (Å²) in [5, 5.41) is 5.26. The van der Waals surface area contributed by atoms with Gasteiger partial charge in [-0.1, -0.05) is 0 Å². The monoisotopic (exact) mass is 339 g/mol. The molecule has 6 nitrogen and oxygen atoms in total. The van der Waals surface area contributed by atoms with Crippen LogP contribution in [0.4, 0.5) is 18.4 Å². The fourth-order valence-electron chi connectivity index (χ4n) is 3.11. The van der Waals surface area contributed by atoms with E-state index < -0.39 is 23.3 Å². The SMILES string of the molecule is O=C1NC[C@@]2(CCCN(C(=O)NCc3cc(F)ccc3F)CC2)O1. The van der Waals surface area contributed by atoms with Gasteiger partial charge in [-0.15, -0.1) is 0 Å². The van der Waals surface area contributed by atoms with Crippen molar-refractivity contribution in [2.45, 2.75) is 31.4 Å². The lowest BCUT2D eigenvalue weighted by Gasteiger charge is -2.25. The van der Waals surface area contributed by atoms with Crippen molar-refractivity contribution in [2.24, 2.45) is 0 Å². The molecule has 1 spiro atoms. The average molecular weight is 339 g/mol. The largest absolute Gasteiger partial charge is 0.441 e. The number of amides is 3. The van der Waals surface area contributed by atoms with E-state index in [2.05, 4.69) is 10.6 Å². The number of hydrogen-bond donors (Lipinski definition) is 2. The van der Waals surface area contributed by atoms with Gasteiger partial charge in [0, 0.05) is 31.6 Å². The van der Waals surface area contributed by atoms with Gasteiger partial charge < -0.3 is 20.3 Å². The molecule has 130 valence electrons. The van der Waals surface area contributed by atoms with Gasteiger partial charge in [0.1, 0.15) is 17.2 Å². The van der Waals surface area contributed by atoms with E-state index in [1.165, 1.54) is 0 Å². The van der Waals surface area contributed by atoms with Crippen LogP contribution >= 0.6 is 0 Å². The summed E-state index contributed by atoms with van der Waals surface area (Å²) < 4.78 is 32.1. The molecule has 2 fully saturated rings. The third-order valence-electron chi connectivity index (χ3n) is 4.49. The maximum Gasteiger partial charge on any atom is 0.407 e. The normalized spacial score (nSPS) is 23.6. The summed E-state index contributed by atoms with van der Waals surface area (Å²) in [7, 11) is 0. The summed E-state index contributed by atoms with van der Waals surface area (Å²) in [6, 6.07) is 2.80. The molecule has 0 saturated carbocycles. The Kier molecular flexibility index (Phi) is 4.55. The lowest BCUT2D eigenvalue weighted by Crippen LogP contribution is -2.41. The van der Waals surface area contributed by atoms with Gasteiger partial charge >= 0.3 is 12.1 Å². The van der Waals surface area contributed by atoms with Crippen LogP contribution in [0.15, 0.2) is 18.2 Å². The van der Waals surface area contributed by atoms with Crippen molar-refractivity contribution in [3.05, 3.63) is 35.4 Å². The van der Waals surface area contributed by atoms with Gasteiger partial charge in [0.15, 0.2) is 0 Å². The van der Waals surface area contributed by atoms with Crippen molar-refractivity contribution in [3.63, 3.8) is 0 Å². The summed E-state index contributed by atoms with van der Waals surface area (Å²) in [6.07, 6.45) is 1.52. The topological polar surface area (TPSA) is 70.7 Å². The zero-order valence-electron chi connectivity index (χ0n) is 13.1. The molecule has 0 aromatic heterocycles. The van der Waals surface area contributed by atoms with E-state index in [1.807, 2.05) is 0 Å². The molecule has 2 heterocycles. The number of ether oxygens (including phenoxy) is 1. The number of nitrogens with one attached hydrogen (secondary N) is 2. The third kappa shape index (κ3) is 3.58. The molecule has 1 atom stereocenters. The van der Waals surface area contributed by atoms with Crippen molar-refractivity contribution in [2.75, 3.05) is 19.6 Å². The molecule has 1 aromatic rings. The Morgan fingerprint density at radius 2 is 2.17 bits per heavy atom. The number of nitrogens with zero attached hydrogens (tertiary/aromatic N) is 1. The zero-order chi connectivity index (χ0) is 17.2. The molecule has 1 aromatic carbocycles. The number of likely N-dealkylation sites (tertiary alicyclic amines) is 1. The number of carbonyl (C=O) groups excluding carboxylic acids is 2. The van der Waals surface area contributed by atoms with Gasteiger partial charge in [-0.05, 0) is 31.0 Å². The van der Waals surface area contributed by atoms with Gasteiger partial charge in [0.05, 0.1) is 6.54 Å². The van der Waals surface area contributed by atoms with Gasteiger partial charge in [-0.2, -0.15) is 0 Å². The van der Waals surface area contributed by atoms with Crippen LogP contribution in [-0.2, 0) is 11.3 Å². The number of alkyl carbamates (subject to hydrolysis) is 1. The Morgan fingerprint density at radius 1 is 1.33 bits per heavy atom. The van der Waals surface area contributed by atoms with Gasteiger partial charge in [-0.3, -0.25) is 0 Å². The predicted octanol–water partition coefficient (Wildman–Crippen LogP) is 2.14. The Hall–Kier alpha value is -2.38. The molecule has 2 N–H and O–H groups in total. The van der Waals surface area contributed by atoms with Crippen LogP contribution < -0.4 is 10.6 Å². The molecule has 3 rings (SSSR count). The minimum absolute atomic E-state index is 0.0827. The molecule has 24 heavy (non-hydrogen) atoms. The number of urea groups is 1. The van der Waals surface area contributed by atoms with Crippen molar-refractivity contribution in [1.29, 1.82) is 0 Å². The van der Waals surface area contributed by atoms with E-state index >= 15 is 0 Å². The fourth-order valence-corrected chi connectivity index (χ4v) is 3.11. The van der Waals surface area contributed by atoms with E-state index in [-0.39, 0.29) is 18.1 Å². The number of hydrogen-bond acceptors (Lipinski definition) is 3. The third-order valence-corrected chi connectivity index (χ3v) is 4.49. The van der Waals surface area contributed by atoms with E-state index in [1.54, 1.807) is 4.90 Å². The molecular weight excluding hydrogens is 320 g/mol. The molecule has 0 unspecified atom stereocenters. The minimum Gasteiger partial charge on any atom is -0.441 e. The molecule has 2 saturated heterocycles. The Morgan fingerprint density at radius 3 is 2.92 bits per heavy atom. The van der Waals surface area contributed by atoms with Gasteiger partial charge in [-0.25, -0.2) is 18.4 Å². The quantitative estimate of drug-likeness (QED) is 0.867. The van der Waals surface area contributed by atoms with Crippen LogP contribution in [0.3, 0.4) is 0 Å². The van der Waals surface area contributed by atoms with Crippen molar-refractivity contribution in [3.8, 4) is 0 Å².